The average molecular weight is 406 g/mol. The van der Waals surface area contributed by atoms with E-state index in [2.05, 4.69) is 32.4 Å². The van der Waals surface area contributed by atoms with Gasteiger partial charge in [0.15, 0.2) is 5.69 Å². The third-order valence-corrected chi connectivity index (χ3v) is 5.58. The van der Waals surface area contributed by atoms with Crippen LogP contribution >= 0.6 is 0 Å². The van der Waals surface area contributed by atoms with Gasteiger partial charge in [-0.05, 0) is 42.7 Å². The highest BCUT2D eigenvalue weighted by atomic mass is 16.5. The molecule has 1 aliphatic carbocycles. The highest BCUT2D eigenvalue weighted by Crippen LogP contribution is 2.34. The van der Waals surface area contributed by atoms with Crippen molar-refractivity contribution < 1.29 is 14.6 Å². The number of hydrogen-bond donors (Lipinski definition) is 2. The van der Waals surface area contributed by atoms with Crippen LogP contribution in [0, 0.1) is 0 Å². The van der Waals surface area contributed by atoms with Crippen LogP contribution in [0.4, 0.5) is 17.3 Å². The van der Waals surface area contributed by atoms with Crippen LogP contribution in [0.15, 0.2) is 30.5 Å². The van der Waals surface area contributed by atoms with Gasteiger partial charge in [-0.3, -0.25) is 4.68 Å². The Morgan fingerprint density at radius 3 is 2.67 bits per heavy atom. The summed E-state index contributed by atoms with van der Waals surface area (Å²) in [6, 6.07) is 8.16. The van der Waals surface area contributed by atoms with Crippen molar-refractivity contribution >= 4 is 23.3 Å². The van der Waals surface area contributed by atoms with Crippen molar-refractivity contribution in [1.29, 1.82) is 0 Å². The number of nitrogens with zero attached hydrogens (tertiary/aromatic N) is 5. The van der Waals surface area contributed by atoms with Crippen LogP contribution in [0.2, 0.25) is 0 Å². The van der Waals surface area contributed by atoms with E-state index in [1.165, 1.54) is 0 Å². The van der Waals surface area contributed by atoms with Gasteiger partial charge in [0, 0.05) is 43.3 Å². The average Bonchev–Trinajstić information content (AvgIpc) is 3.12. The fourth-order valence-corrected chi connectivity index (χ4v) is 4.09. The molecule has 3 aromatic rings. The number of rotatable bonds is 4. The van der Waals surface area contributed by atoms with Crippen LogP contribution < -0.4 is 10.2 Å². The van der Waals surface area contributed by atoms with E-state index >= 15 is 0 Å². The number of carboxylic acid groups (broad SMARTS) is 1. The lowest BCUT2D eigenvalue weighted by molar-refractivity contribution is 0.0688. The maximum Gasteiger partial charge on any atom is 0.356 e. The summed E-state index contributed by atoms with van der Waals surface area (Å²) in [5, 5.41) is 16.9. The molecule has 0 spiro atoms. The zero-order valence-corrected chi connectivity index (χ0v) is 16.6. The number of nitrogens with one attached hydrogen (secondary N) is 1. The molecule has 2 N–H and O–H groups in total. The number of benzene rings is 1. The monoisotopic (exact) mass is 406 g/mol. The molecule has 5 rings (SSSR count). The Hall–Kier alpha value is -3.46. The molecule has 0 atom stereocenters. The highest BCUT2D eigenvalue weighted by Gasteiger charge is 2.28. The molecule has 1 aromatic carbocycles. The fourth-order valence-electron chi connectivity index (χ4n) is 4.09. The SMILES string of the molecule is Cn1nc(C(=O)O)c2c1-c1nc(Nc3ccc(N4CCOCC4)cc3)ncc1CC2. The number of aromatic carboxylic acids is 1. The van der Waals surface area contributed by atoms with Crippen molar-refractivity contribution in [3.63, 3.8) is 0 Å². The maximum absolute atomic E-state index is 11.5. The van der Waals surface area contributed by atoms with Crippen molar-refractivity contribution in [1.82, 2.24) is 19.7 Å². The second-order valence-corrected chi connectivity index (χ2v) is 7.44. The maximum atomic E-state index is 11.5. The second kappa shape index (κ2) is 7.42. The van der Waals surface area contributed by atoms with Crippen molar-refractivity contribution in [3.05, 3.63) is 47.3 Å². The van der Waals surface area contributed by atoms with Crippen molar-refractivity contribution in [2.45, 2.75) is 12.8 Å². The zero-order chi connectivity index (χ0) is 20.7. The molecule has 9 heteroatoms. The van der Waals surface area contributed by atoms with E-state index < -0.39 is 5.97 Å². The Morgan fingerprint density at radius 1 is 1.17 bits per heavy atom. The highest BCUT2D eigenvalue weighted by molar-refractivity contribution is 5.90. The van der Waals surface area contributed by atoms with Crippen LogP contribution in [-0.4, -0.2) is 57.1 Å². The van der Waals surface area contributed by atoms with E-state index in [1.807, 2.05) is 18.3 Å². The zero-order valence-electron chi connectivity index (χ0n) is 16.6. The Balaban J connectivity index is 1.41. The van der Waals surface area contributed by atoms with Gasteiger partial charge in [-0.25, -0.2) is 14.8 Å². The van der Waals surface area contributed by atoms with Gasteiger partial charge in [0.25, 0.3) is 0 Å². The number of aromatic nitrogens is 4. The van der Waals surface area contributed by atoms with Crippen LogP contribution in [0.25, 0.3) is 11.4 Å². The summed E-state index contributed by atoms with van der Waals surface area (Å²) < 4.78 is 7.01. The van der Waals surface area contributed by atoms with E-state index in [-0.39, 0.29) is 5.69 Å². The molecule has 30 heavy (non-hydrogen) atoms. The second-order valence-electron chi connectivity index (χ2n) is 7.44. The minimum absolute atomic E-state index is 0.102. The van der Waals surface area contributed by atoms with Gasteiger partial charge in [0.1, 0.15) is 0 Å². The first-order valence-corrected chi connectivity index (χ1v) is 9.95. The molecule has 0 amide bonds. The molecule has 9 nitrogen and oxygen atoms in total. The van der Waals surface area contributed by atoms with Crippen molar-refractivity contribution in [3.8, 4) is 11.4 Å². The van der Waals surface area contributed by atoms with Gasteiger partial charge in [0.05, 0.1) is 24.6 Å². The molecule has 2 aromatic heterocycles. The molecule has 0 saturated carbocycles. The minimum atomic E-state index is -1.01. The van der Waals surface area contributed by atoms with Gasteiger partial charge in [0.2, 0.25) is 5.95 Å². The first-order chi connectivity index (χ1) is 14.6. The molecule has 0 bridgehead atoms. The third kappa shape index (κ3) is 3.26. The largest absolute Gasteiger partial charge is 0.476 e. The molecular formula is C21H22N6O3. The first kappa shape index (κ1) is 18.6. The molecule has 2 aliphatic rings. The summed E-state index contributed by atoms with van der Waals surface area (Å²) in [5.41, 5.74) is 5.37. The topological polar surface area (TPSA) is 105 Å². The molecule has 1 aliphatic heterocycles. The minimum Gasteiger partial charge on any atom is -0.476 e. The molecule has 1 saturated heterocycles. The lowest BCUT2D eigenvalue weighted by Gasteiger charge is -2.28. The summed E-state index contributed by atoms with van der Waals surface area (Å²) in [6.07, 6.45) is 3.13. The normalized spacial score (nSPS) is 15.4. The molecule has 154 valence electrons. The van der Waals surface area contributed by atoms with E-state index in [0.29, 0.717) is 18.8 Å². The molecule has 0 radical (unpaired) electrons. The number of morpholine rings is 1. The Labute approximate surface area is 173 Å². The lowest BCUT2D eigenvalue weighted by atomic mass is 9.93. The molecule has 0 unspecified atom stereocenters. The number of carbonyl (C=O) groups is 1. The van der Waals surface area contributed by atoms with Crippen molar-refractivity contribution in [2.24, 2.45) is 7.05 Å². The predicted molar refractivity (Wildman–Crippen MR) is 111 cm³/mol. The van der Waals surface area contributed by atoms with Crippen LogP contribution in [0.1, 0.15) is 21.6 Å². The van der Waals surface area contributed by atoms with Gasteiger partial charge >= 0.3 is 5.97 Å². The lowest BCUT2D eigenvalue weighted by Crippen LogP contribution is -2.36. The standard InChI is InChI=1S/C21H22N6O3/c1-26-19-16(18(25-26)20(28)29)7-2-13-12-22-21(24-17(13)19)23-14-3-5-15(6-4-14)27-8-10-30-11-9-27/h3-6,12H,2,7-11H2,1H3,(H,28,29)(H,22,23,24). The molecular weight excluding hydrogens is 384 g/mol. The number of ether oxygens (including phenoxy) is 1. The number of fused-ring (bicyclic) bond motifs is 3. The third-order valence-electron chi connectivity index (χ3n) is 5.58. The van der Waals surface area contributed by atoms with Crippen LogP contribution in [0.3, 0.4) is 0 Å². The smallest absolute Gasteiger partial charge is 0.356 e. The summed E-state index contributed by atoms with van der Waals surface area (Å²) in [7, 11) is 1.75. The number of carboxylic acids is 1. The quantitative estimate of drug-likeness (QED) is 0.680. The Kier molecular flexibility index (Phi) is 4.59. The van der Waals surface area contributed by atoms with E-state index in [1.54, 1.807) is 11.7 Å². The summed E-state index contributed by atoms with van der Waals surface area (Å²) in [6.45, 7) is 3.29. The Morgan fingerprint density at radius 2 is 1.93 bits per heavy atom. The summed E-state index contributed by atoms with van der Waals surface area (Å²) in [5.74, 6) is -0.540. The van der Waals surface area contributed by atoms with Gasteiger partial charge in [-0.15, -0.1) is 0 Å². The number of hydrogen-bond acceptors (Lipinski definition) is 7. The Bertz CT molecular complexity index is 1100. The van der Waals surface area contributed by atoms with Gasteiger partial charge < -0.3 is 20.1 Å². The van der Waals surface area contributed by atoms with Gasteiger partial charge in [-0.2, -0.15) is 5.10 Å². The van der Waals surface area contributed by atoms with Gasteiger partial charge in [-0.1, -0.05) is 0 Å². The van der Waals surface area contributed by atoms with E-state index in [4.69, 9.17) is 9.72 Å². The summed E-state index contributed by atoms with van der Waals surface area (Å²) >= 11 is 0. The van der Waals surface area contributed by atoms with Crippen LogP contribution in [0.5, 0.6) is 0 Å². The number of aryl methyl sites for hydroxylation is 2. The van der Waals surface area contributed by atoms with E-state index in [0.717, 1.165) is 60.2 Å². The predicted octanol–water partition coefficient (Wildman–Crippen LogP) is 2.25. The first-order valence-electron chi connectivity index (χ1n) is 9.95. The van der Waals surface area contributed by atoms with Crippen molar-refractivity contribution in [2.75, 3.05) is 36.5 Å². The summed E-state index contributed by atoms with van der Waals surface area (Å²) in [4.78, 5) is 23.0. The molecule has 3 heterocycles. The number of anilines is 3. The van der Waals surface area contributed by atoms with Crippen LogP contribution in [-0.2, 0) is 24.6 Å². The van der Waals surface area contributed by atoms with E-state index in [9.17, 15) is 9.90 Å². The fraction of sp³-hybridized carbons (Fsp3) is 0.333. The molecule has 1 fully saturated rings.